The average molecular weight is 505 g/mol. The maximum Gasteiger partial charge on any atom is 0.410 e. The molecule has 0 spiro atoms. The first kappa shape index (κ1) is 25.1. The van der Waals surface area contributed by atoms with Crippen LogP contribution in [0.5, 0.6) is 0 Å². The van der Waals surface area contributed by atoms with Crippen molar-refractivity contribution in [3.63, 3.8) is 0 Å². The van der Waals surface area contributed by atoms with E-state index < -0.39 is 5.60 Å². The zero-order valence-corrected chi connectivity index (χ0v) is 22.4. The Balaban J connectivity index is 1.30. The standard InChI is InChI=1S/C29H36N4O4/c1-18-9-6-7-10-20(18)16-32-17-21-12-13-23-24(25(21)31-32)19(2)26(36-23)27(34)30-15-22-11-8-14-33(22)28(35)37-29(3,4)5/h6-7,9-10,17,22H,8,11-16H2,1-5H3,(H,30,34)/t22-/m1/s1. The van der Waals surface area contributed by atoms with Crippen LogP contribution >= 0.6 is 0 Å². The Hall–Kier alpha value is -3.55. The lowest BCUT2D eigenvalue weighted by Crippen LogP contribution is -2.45. The van der Waals surface area contributed by atoms with Gasteiger partial charge in [0.25, 0.3) is 5.91 Å². The summed E-state index contributed by atoms with van der Waals surface area (Å²) in [7, 11) is 0. The Morgan fingerprint density at radius 2 is 1.97 bits per heavy atom. The van der Waals surface area contributed by atoms with Crippen molar-refractivity contribution in [1.82, 2.24) is 20.0 Å². The van der Waals surface area contributed by atoms with Gasteiger partial charge in [0.15, 0.2) is 5.76 Å². The van der Waals surface area contributed by atoms with Gasteiger partial charge in [-0.05, 0) is 70.6 Å². The van der Waals surface area contributed by atoms with Crippen LogP contribution in [0.2, 0.25) is 0 Å². The summed E-state index contributed by atoms with van der Waals surface area (Å²) in [6, 6.07) is 8.24. The molecular weight excluding hydrogens is 468 g/mol. The number of nitrogens with zero attached hydrogens (tertiary/aromatic N) is 3. The van der Waals surface area contributed by atoms with Gasteiger partial charge >= 0.3 is 6.09 Å². The van der Waals surface area contributed by atoms with Gasteiger partial charge in [0.05, 0.1) is 18.3 Å². The molecule has 0 unspecified atom stereocenters. The topological polar surface area (TPSA) is 89.6 Å². The number of furan rings is 1. The molecule has 1 atom stereocenters. The maximum absolute atomic E-state index is 13.2. The number of nitrogens with one attached hydrogen (secondary N) is 1. The van der Waals surface area contributed by atoms with Crippen LogP contribution in [0.15, 0.2) is 34.9 Å². The van der Waals surface area contributed by atoms with E-state index in [1.165, 1.54) is 16.7 Å². The first-order valence-corrected chi connectivity index (χ1v) is 13.1. The van der Waals surface area contributed by atoms with Crippen LogP contribution < -0.4 is 5.32 Å². The molecule has 8 nitrogen and oxygen atoms in total. The highest BCUT2D eigenvalue weighted by Crippen LogP contribution is 2.38. The molecule has 8 heteroatoms. The van der Waals surface area contributed by atoms with E-state index in [1.807, 2.05) is 44.5 Å². The normalized spacial score (nSPS) is 16.9. The monoisotopic (exact) mass is 504 g/mol. The Kier molecular flexibility index (Phi) is 6.60. The fourth-order valence-corrected chi connectivity index (χ4v) is 5.32. The van der Waals surface area contributed by atoms with Crippen molar-refractivity contribution in [3.05, 3.63) is 64.2 Å². The zero-order chi connectivity index (χ0) is 26.3. The summed E-state index contributed by atoms with van der Waals surface area (Å²) in [5.41, 5.74) is 5.75. The van der Waals surface area contributed by atoms with E-state index in [2.05, 4.69) is 30.6 Å². The lowest BCUT2D eigenvalue weighted by Gasteiger charge is -2.28. The highest BCUT2D eigenvalue weighted by atomic mass is 16.6. The second-order valence-electron chi connectivity index (χ2n) is 11.2. The van der Waals surface area contributed by atoms with Gasteiger partial charge < -0.3 is 19.4 Å². The smallest absolute Gasteiger partial charge is 0.410 e. The van der Waals surface area contributed by atoms with E-state index in [1.54, 1.807) is 4.90 Å². The summed E-state index contributed by atoms with van der Waals surface area (Å²) < 4.78 is 13.6. The Labute approximate surface area is 218 Å². The Morgan fingerprint density at radius 3 is 2.73 bits per heavy atom. The summed E-state index contributed by atoms with van der Waals surface area (Å²) in [6.07, 6.45) is 5.07. The van der Waals surface area contributed by atoms with Crippen molar-refractivity contribution in [2.75, 3.05) is 13.1 Å². The molecule has 1 saturated heterocycles. The molecule has 0 radical (unpaired) electrons. The Bertz CT molecular complexity index is 1330. The number of benzene rings is 1. The number of rotatable bonds is 5. The molecule has 3 aromatic rings. The molecule has 3 heterocycles. The number of hydrogen-bond donors (Lipinski definition) is 1. The number of fused-ring (bicyclic) bond motifs is 3. The zero-order valence-electron chi connectivity index (χ0n) is 22.4. The van der Waals surface area contributed by atoms with Crippen LogP contribution in [0, 0.1) is 13.8 Å². The summed E-state index contributed by atoms with van der Waals surface area (Å²) >= 11 is 0. The highest BCUT2D eigenvalue weighted by Gasteiger charge is 2.34. The quantitative estimate of drug-likeness (QED) is 0.526. The molecule has 37 heavy (non-hydrogen) atoms. The van der Waals surface area contributed by atoms with E-state index in [4.69, 9.17) is 14.3 Å². The van der Waals surface area contributed by atoms with Gasteiger partial charge in [0.1, 0.15) is 11.4 Å². The third-order valence-electron chi connectivity index (χ3n) is 7.22. The average Bonchev–Trinajstić information content (AvgIpc) is 3.54. The number of carbonyl (C=O) groups excluding carboxylic acids is 2. The highest BCUT2D eigenvalue weighted by molar-refractivity contribution is 5.95. The van der Waals surface area contributed by atoms with Gasteiger partial charge in [-0.1, -0.05) is 24.3 Å². The number of ether oxygens (including phenoxy) is 1. The molecule has 0 saturated carbocycles. The minimum absolute atomic E-state index is 0.0903. The summed E-state index contributed by atoms with van der Waals surface area (Å²) in [5.74, 6) is 0.879. The van der Waals surface area contributed by atoms with Crippen molar-refractivity contribution >= 4 is 12.0 Å². The largest absolute Gasteiger partial charge is 0.455 e. The first-order chi connectivity index (χ1) is 17.6. The second kappa shape index (κ2) is 9.72. The van der Waals surface area contributed by atoms with Crippen molar-refractivity contribution in [3.8, 4) is 11.3 Å². The number of carbonyl (C=O) groups is 2. The molecule has 0 bridgehead atoms. The van der Waals surface area contributed by atoms with Crippen LogP contribution in [-0.4, -0.2) is 51.4 Å². The number of hydrogen-bond acceptors (Lipinski definition) is 5. The van der Waals surface area contributed by atoms with E-state index in [0.717, 1.165) is 48.3 Å². The Morgan fingerprint density at radius 1 is 1.19 bits per heavy atom. The number of aryl methyl sites for hydroxylation is 3. The molecular formula is C29H36N4O4. The van der Waals surface area contributed by atoms with E-state index in [-0.39, 0.29) is 18.0 Å². The number of aromatic nitrogens is 2. The van der Waals surface area contributed by atoms with Gasteiger partial charge in [-0.3, -0.25) is 9.48 Å². The predicted molar refractivity (Wildman–Crippen MR) is 141 cm³/mol. The van der Waals surface area contributed by atoms with E-state index >= 15 is 0 Å². The minimum Gasteiger partial charge on any atom is -0.455 e. The first-order valence-electron chi connectivity index (χ1n) is 13.1. The number of likely N-dealkylation sites (tertiary alicyclic amines) is 1. The van der Waals surface area contributed by atoms with E-state index in [0.29, 0.717) is 25.4 Å². The molecule has 1 N–H and O–H groups in total. The van der Waals surface area contributed by atoms with Gasteiger partial charge in [-0.15, -0.1) is 0 Å². The van der Waals surface area contributed by atoms with Crippen molar-refractivity contribution in [1.29, 1.82) is 0 Å². The molecule has 5 rings (SSSR count). The predicted octanol–water partition coefficient (Wildman–Crippen LogP) is 5.04. The molecule has 1 fully saturated rings. The van der Waals surface area contributed by atoms with Crippen LogP contribution in [0.25, 0.3) is 11.3 Å². The molecule has 2 amide bonds. The molecule has 1 aliphatic carbocycles. The third kappa shape index (κ3) is 5.15. The summed E-state index contributed by atoms with van der Waals surface area (Å²) in [6.45, 7) is 11.3. The SMILES string of the molecule is Cc1ccccc1Cn1cc2c(n1)-c1c(oc(C(=O)NC[C@H]3CCCN3C(=O)OC(C)(C)C)c1C)CC2. The summed E-state index contributed by atoms with van der Waals surface area (Å²) in [5, 5.41) is 7.90. The molecule has 2 aromatic heterocycles. The molecule has 1 aromatic carbocycles. The molecule has 2 aliphatic rings. The molecule has 1 aliphatic heterocycles. The third-order valence-corrected chi connectivity index (χ3v) is 7.22. The lowest BCUT2D eigenvalue weighted by atomic mass is 9.93. The minimum atomic E-state index is -0.552. The maximum atomic E-state index is 13.2. The van der Waals surface area contributed by atoms with Gasteiger partial charge in [0, 0.05) is 36.8 Å². The van der Waals surface area contributed by atoms with Crippen molar-refractivity contribution in [2.24, 2.45) is 0 Å². The van der Waals surface area contributed by atoms with E-state index in [9.17, 15) is 9.59 Å². The fourth-order valence-electron chi connectivity index (χ4n) is 5.32. The fraction of sp³-hybridized carbons (Fsp3) is 0.483. The van der Waals surface area contributed by atoms with Crippen LogP contribution in [0.4, 0.5) is 4.79 Å². The van der Waals surface area contributed by atoms with Crippen LogP contribution in [0.1, 0.15) is 72.2 Å². The second-order valence-corrected chi connectivity index (χ2v) is 11.2. The summed E-state index contributed by atoms with van der Waals surface area (Å²) in [4.78, 5) is 27.5. The van der Waals surface area contributed by atoms with Crippen molar-refractivity contribution in [2.45, 2.75) is 78.5 Å². The molecule has 196 valence electrons. The lowest BCUT2D eigenvalue weighted by molar-refractivity contribution is 0.0225. The van der Waals surface area contributed by atoms with Gasteiger partial charge in [-0.2, -0.15) is 5.10 Å². The van der Waals surface area contributed by atoms with Crippen molar-refractivity contribution < 1.29 is 18.7 Å². The van der Waals surface area contributed by atoms with Gasteiger partial charge in [-0.25, -0.2) is 4.79 Å². The van der Waals surface area contributed by atoms with Crippen LogP contribution in [-0.2, 0) is 24.1 Å². The number of amides is 2. The van der Waals surface area contributed by atoms with Crippen LogP contribution in [0.3, 0.4) is 0 Å². The van der Waals surface area contributed by atoms with Gasteiger partial charge in [0.2, 0.25) is 0 Å².